The number of nitrogens with one attached hydrogen (secondary N) is 1. The van der Waals surface area contributed by atoms with Crippen molar-refractivity contribution in [3.63, 3.8) is 0 Å². The summed E-state index contributed by atoms with van der Waals surface area (Å²) in [4.78, 5) is 43.9. The fourth-order valence-electron chi connectivity index (χ4n) is 3.22. The Hall–Kier alpha value is -3.94. The minimum atomic E-state index is -4.85. The molecule has 8 nitrogen and oxygen atoms in total. The third kappa shape index (κ3) is 4.25. The van der Waals surface area contributed by atoms with E-state index in [0.29, 0.717) is 16.7 Å². The maximum atomic E-state index is 13.3. The molecule has 0 aliphatic carbocycles. The Morgan fingerprint density at radius 3 is 2.53 bits per heavy atom. The number of imide groups is 1. The summed E-state index contributed by atoms with van der Waals surface area (Å²) in [6, 6.07) is 8.22. The molecule has 2 aromatic rings. The zero-order valence-electron chi connectivity index (χ0n) is 17.1. The van der Waals surface area contributed by atoms with Crippen molar-refractivity contribution in [2.45, 2.75) is 32.1 Å². The van der Waals surface area contributed by atoms with Gasteiger partial charge in [0.15, 0.2) is 0 Å². The molecule has 0 atom stereocenters. The number of pyridine rings is 1. The quantitative estimate of drug-likeness (QED) is 0.713. The number of nitrogens with zero attached hydrogens (tertiary/aromatic N) is 4. The first-order valence-electron chi connectivity index (χ1n) is 9.41. The average Bonchev–Trinajstić information content (AvgIpc) is 2.91. The number of halogens is 3. The molecule has 1 aromatic carbocycles. The number of hydrogen-bond donors (Lipinski definition) is 1. The number of carbonyl (C=O) groups excluding carboxylic acids is 3. The molecule has 1 aliphatic rings. The average molecular weight is 445 g/mol. The first kappa shape index (κ1) is 22.7. The summed E-state index contributed by atoms with van der Waals surface area (Å²) < 4.78 is 39.9. The minimum absolute atomic E-state index is 0.102. The van der Waals surface area contributed by atoms with Crippen LogP contribution in [0.25, 0.3) is 0 Å². The summed E-state index contributed by atoms with van der Waals surface area (Å²) in [5.74, 6) is -1.36. The van der Waals surface area contributed by atoms with Gasteiger partial charge in [-0.2, -0.15) is 18.4 Å². The highest BCUT2D eigenvalue weighted by molar-refractivity contribution is 6.23. The number of alkyl halides is 3. The molecule has 11 heteroatoms. The minimum Gasteiger partial charge on any atom is -0.349 e. The van der Waals surface area contributed by atoms with Gasteiger partial charge in [-0.25, -0.2) is 9.69 Å². The number of amides is 4. The van der Waals surface area contributed by atoms with Gasteiger partial charge in [-0.3, -0.25) is 14.6 Å². The maximum Gasteiger partial charge on any atom is 0.417 e. The van der Waals surface area contributed by atoms with E-state index in [-0.39, 0.29) is 12.2 Å². The van der Waals surface area contributed by atoms with Gasteiger partial charge in [-0.1, -0.05) is 6.07 Å². The standard InChI is InChI=1S/C21H18F3N5O3/c1-20(2)18(31)29(15-7-6-13(10-25)16(9-15)21(22,23)24)19(32)28(20)12-17(30)27-11-14-5-3-4-8-26-14/h3-9H,11-12H2,1-2H3,(H,27,30). The van der Waals surface area contributed by atoms with Crippen LogP contribution in [0.15, 0.2) is 42.6 Å². The maximum absolute atomic E-state index is 13.3. The Morgan fingerprint density at radius 1 is 1.22 bits per heavy atom. The first-order valence-corrected chi connectivity index (χ1v) is 9.41. The van der Waals surface area contributed by atoms with Gasteiger partial charge in [0, 0.05) is 6.20 Å². The highest BCUT2D eigenvalue weighted by Gasteiger charge is 2.52. The van der Waals surface area contributed by atoms with Crippen LogP contribution in [0.4, 0.5) is 23.7 Å². The Morgan fingerprint density at radius 2 is 1.94 bits per heavy atom. The molecular formula is C21H18F3N5O3. The largest absolute Gasteiger partial charge is 0.417 e. The van der Waals surface area contributed by atoms with Gasteiger partial charge in [0.2, 0.25) is 5.91 Å². The van der Waals surface area contributed by atoms with Crippen LogP contribution in [0.3, 0.4) is 0 Å². The molecule has 0 bridgehead atoms. The summed E-state index contributed by atoms with van der Waals surface area (Å²) in [5, 5.41) is 11.5. The van der Waals surface area contributed by atoms with E-state index in [9.17, 15) is 27.6 Å². The van der Waals surface area contributed by atoms with E-state index in [1.165, 1.54) is 19.9 Å². The number of aromatic nitrogens is 1. The van der Waals surface area contributed by atoms with Crippen molar-refractivity contribution in [1.82, 2.24) is 15.2 Å². The second-order valence-corrected chi connectivity index (χ2v) is 7.51. The molecule has 32 heavy (non-hydrogen) atoms. The zero-order chi connectivity index (χ0) is 23.7. The van der Waals surface area contributed by atoms with Crippen LogP contribution in [0.5, 0.6) is 0 Å². The van der Waals surface area contributed by atoms with Crippen LogP contribution >= 0.6 is 0 Å². The van der Waals surface area contributed by atoms with Crippen molar-refractivity contribution in [3.05, 3.63) is 59.4 Å². The predicted octanol–water partition coefficient (Wildman–Crippen LogP) is 2.84. The molecule has 166 valence electrons. The molecule has 1 aliphatic heterocycles. The van der Waals surface area contributed by atoms with Crippen LogP contribution in [0.2, 0.25) is 0 Å². The summed E-state index contributed by atoms with van der Waals surface area (Å²) in [6.45, 7) is 2.41. The molecule has 0 spiro atoms. The molecule has 3 rings (SSSR count). The van der Waals surface area contributed by atoms with E-state index in [1.54, 1.807) is 24.4 Å². The third-order valence-corrected chi connectivity index (χ3v) is 5.01. The van der Waals surface area contributed by atoms with Crippen LogP contribution in [-0.4, -0.2) is 39.8 Å². The molecular weight excluding hydrogens is 427 g/mol. The van der Waals surface area contributed by atoms with E-state index in [1.807, 2.05) is 0 Å². The molecule has 2 heterocycles. The van der Waals surface area contributed by atoms with Crippen molar-refractivity contribution in [3.8, 4) is 6.07 Å². The summed E-state index contributed by atoms with van der Waals surface area (Å²) in [5.41, 5.74) is -3.13. The van der Waals surface area contributed by atoms with Gasteiger partial charge in [-0.15, -0.1) is 0 Å². The van der Waals surface area contributed by atoms with Crippen molar-refractivity contribution < 1.29 is 27.6 Å². The molecule has 1 aromatic heterocycles. The summed E-state index contributed by atoms with van der Waals surface area (Å²) in [7, 11) is 0. The Bertz CT molecular complexity index is 1110. The molecule has 4 amide bonds. The lowest BCUT2D eigenvalue weighted by atomic mass is 10.0. The number of benzene rings is 1. The number of rotatable bonds is 5. The molecule has 0 radical (unpaired) electrons. The predicted molar refractivity (Wildman–Crippen MR) is 106 cm³/mol. The number of hydrogen-bond acceptors (Lipinski definition) is 5. The summed E-state index contributed by atoms with van der Waals surface area (Å²) >= 11 is 0. The molecule has 1 fully saturated rings. The second-order valence-electron chi connectivity index (χ2n) is 7.51. The van der Waals surface area contributed by atoms with Crippen LogP contribution in [0, 0.1) is 11.3 Å². The number of carbonyl (C=O) groups is 3. The van der Waals surface area contributed by atoms with E-state index >= 15 is 0 Å². The molecule has 1 N–H and O–H groups in total. The Balaban J connectivity index is 1.84. The van der Waals surface area contributed by atoms with Gasteiger partial charge in [0.05, 0.1) is 35.1 Å². The fourth-order valence-corrected chi connectivity index (χ4v) is 3.22. The normalized spacial score (nSPS) is 15.6. The molecule has 0 saturated carbocycles. The SMILES string of the molecule is CC1(C)C(=O)N(c2ccc(C#N)c(C(F)(F)F)c2)C(=O)N1CC(=O)NCc1ccccn1. The van der Waals surface area contributed by atoms with E-state index < -0.39 is 47.2 Å². The van der Waals surface area contributed by atoms with Crippen LogP contribution < -0.4 is 10.2 Å². The van der Waals surface area contributed by atoms with E-state index in [4.69, 9.17) is 5.26 Å². The van der Waals surface area contributed by atoms with Gasteiger partial charge in [0.1, 0.15) is 12.1 Å². The highest BCUT2D eigenvalue weighted by atomic mass is 19.4. The monoisotopic (exact) mass is 445 g/mol. The Labute approximate surface area is 181 Å². The fraction of sp³-hybridized carbons (Fsp3) is 0.286. The second kappa shape index (κ2) is 8.30. The van der Waals surface area contributed by atoms with Gasteiger partial charge < -0.3 is 10.2 Å². The van der Waals surface area contributed by atoms with Crippen molar-refractivity contribution in [2.24, 2.45) is 0 Å². The summed E-state index contributed by atoms with van der Waals surface area (Å²) in [6.07, 6.45) is -3.30. The Kier molecular flexibility index (Phi) is 5.90. The van der Waals surface area contributed by atoms with E-state index in [0.717, 1.165) is 17.0 Å². The lowest BCUT2D eigenvalue weighted by molar-refractivity contribution is -0.137. The van der Waals surface area contributed by atoms with Crippen molar-refractivity contribution in [2.75, 3.05) is 11.4 Å². The van der Waals surface area contributed by atoms with Gasteiger partial charge >= 0.3 is 12.2 Å². The zero-order valence-corrected chi connectivity index (χ0v) is 17.1. The lowest BCUT2D eigenvalue weighted by Crippen LogP contribution is -2.48. The van der Waals surface area contributed by atoms with Gasteiger partial charge in [0.25, 0.3) is 5.91 Å². The molecule has 0 unspecified atom stereocenters. The topological polar surface area (TPSA) is 106 Å². The number of urea groups is 1. The molecule has 1 saturated heterocycles. The lowest BCUT2D eigenvalue weighted by Gasteiger charge is -2.26. The van der Waals surface area contributed by atoms with Crippen molar-refractivity contribution >= 4 is 23.5 Å². The highest BCUT2D eigenvalue weighted by Crippen LogP contribution is 2.37. The number of nitriles is 1. The first-order chi connectivity index (χ1) is 15.0. The van der Waals surface area contributed by atoms with Crippen LogP contribution in [0.1, 0.15) is 30.7 Å². The van der Waals surface area contributed by atoms with E-state index in [2.05, 4.69) is 10.3 Å². The van der Waals surface area contributed by atoms with Crippen molar-refractivity contribution in [1.29, 1.82) is 5.26 Å². The number of anilines is 1. The smallest absolute Gasteiger partial charge is 0.349 e. The third-order valence-electron chi connectivity index (χ3n) is 5.01. The van der Waals surface area contributed by atoms with Crippen LogP contribution in [-0.2, 0) is 22.3 Å². The van der Waals surface area contributed by atoms with Gasteiger partial charge in [-0.05, 0) is 44.2 Å².